The highest BCUT2D eigenvalue weighted by atomic mass is 79.9. The van der Waals surface area contributed by atoms with Crippen LogP contribution in [0, 0.1) is 0 Å². The Hall–Kier alpha value is -1.17. The average molecular weight is 229 g/mol. The van der Waals surface area contributed by atoms with Gasteiger partial charge in [-0.05, 0) is 15.9 Å². The minimum absolute atomic E-state index is 0.151. The van der Waals surface area contributed by atoms with E-state index in [-0.39, 0.29) is 5.56 Å². The largest absolute Gasteiger partial charge is 0.300 e. The predicted molar refractivity (Wildman–Crippen MR) is 46.8 cm³/mol. The van der Waals surface area contributed by atoms with E-state index in [4.69, 9.17) is 0 Å². The first-order valence-corrected chi connectivity index (χ1v) is 4.04. The van der Waals surface area contributed by atoms with Gasteiger partial charge in [0.25, 0.3) is 5.56 Å². The number of halogens is 1. The van der Waals surface area contributed by atoms with Gasteiger partial charge in [0.2, 0.25) is 0 Å². The lowest BCUT2D eigenvalue weighted by atomic mass is 10.5. The molecule has 0 spiro atoms. The Labute approximate surface area is 75.6 Å². The molecule has 5 nitrogen and oxygen atoms in total. The Morgan fingerprint density at radius 3 is 3.08 bits per heavy atom. The van der Waals surface area contributed by atoms with Gasteiger partial charge in [-0.15, -0.1) is 0 Å². The number of H-pyrrole nitrogens is 1. The van der Waals surface area contributed by atoms with E-state index in [9.17, 15) is 4.79 Å². The second-order valence-corrected chi connectivity index (χ2v) is 3.19. The monoisotopic (exact) mass is 228 g/mol. The van der Waals surface area contributed by atoms with Gasteiger partial charge >= 0.3 is 0 Å². The van der Waals surface area contributed by atoms with Gasteiger partial charge in [0.1, 0.15) is 10.1 Å². The van der Waals surface area contributed by atoms with Crippen molar-refractivity contribution in [2.45, 2.75) is 0 Å². The summed E-state index contributed by atoms with van der Waals surface area (Å²) in [5, 5.41) is 6.45. The summed E-state index contributed by atoms with van der Waals surface area (Å²) in [6.07, 6.45) is 1.46. The Kier molecular flexibility index (Phi) is 1.50. The first-order chi connectivity index (χ1) is 5.70. The summed E-state index contributed by atoms with van der Waals surface area (Å²) in [6, 6.07) is 0. The second kappa shape index (κ2) is 2.41. The van der Waals surface area contributed by atoms with Crippen molar-refractivity contribution in [3.05, 3.63) is 21.3 Å². The minimum Gasteiger partial charge on any atom is -0.300 e. The number of fused-ring (bicyclic) bond motifs is 1. The van der Waals surface area contributed by atoms with Gasteiger partial charge < -0.3 is 4.57 Å². The molecule has 0 amide bonds. The number of nitrogens with one attached hydrogen (secondary N) is 1. The van der Waals surface area contributed by atoms with Crippen LogP contribution in [0.25, 0.3) is 11.0 Å². The molecule has 6 heteroatoms. The van der Waals surface area contributed by atoms with Crippen LogP contribution in [0.5, 0.6) is 0 Å². The molecule has 2 rings (SSSR count). The van der Waals surface area contributed by atoms with Crippen LogP contribution in [0.1, 0.15) is 0 Å². The van der Waals surface area contributed by atoms with Crippen molar-refractivity contribution in [3.8, 4) is 0 Å². The molecule has 62 valence electrons. The highest BCUT2D eigenvalue weighted by Gasteiger charge is 2.07. The van der Waals surface area contributed by atoms with Crippen LogP contribution in [-0.4, -0.2) is 19.7 Å². The molecule has 0 saturated heterocycles. The zero-order valence-corrected chi connectivity index (χ0v) is 7.79. The summed E-state index contributed by atoms with van der Waals surface area (Å²) in [7, 11) is 1.64. The lowest BCUT2D eigenvalue weighted by Crippen LogP contribution is -2.16. The summed E-state index contributed by atoms with van der Waals surface area (Å²) in [5.74, 6) is 0. The molecular weight excluding hydrogens is 224 g/mol. The first kappa shape index (κ1) is 7.48. The first-order valence-electron chi connectivity index (χ1n) is 3.25. The number of nitrogens with zero attached hydrogens (tertiary/aromatic N) is 3. The van der Waals surface area contributed by atoms with Crippen molar-refractivity contribution in [1.82, 2.24) is 19.7 Å². The number of hydrogen-bond acceptors (Lipinski definition) is 3. The molecule has 0 aromatic carbocycles. The standard InChI is InChI=1S/C6H5BrN4O/c1-11-2-8-3-4(6(11)12)9-10-5(3)7/h2H,1H3,(H,9,10). The summed E-state index contributed by atoms with van der Waals surface area (Å²) in [6.45, 7) is 0. The number of rotatable bonds is 0. The van der Waals surface area contributed by atoms with Gasteiger partial charge in [-0.3, -0.25) is 9.89 Å². The molecule has 0 atom stereocenters. The fourth-order valence-corrected chi connectivity index (χ4v) is 1.32. The average Bonchev–Trinajstić information content (AvgIpc) is 2.41. The van der Waals surface area contributed by atoms with Crippen LogP contribution < -0.4 is 5.56 Å². The molecule has 0 saturated carbocycles. The fourth-order valence-electron chi connectivity index (χ4n) is 0.946. The molecule has 0 aliphatic carbocycles. The maximum Gasteiger partial charge on any atom is 0.281 e. The SMILES string of the molecule is Cn1cnc2c(Br)[nH]nc2c1=O. The quantitative estimate of drug-likeness (QED) is 0.711. The third-order valence-corrected chi connectivity index (χ3v) is 2.13. The molecule has 2 aromatic heterocycles. The van der Waals surface area contributed by atoms with Crippen molar-refractivity contribution in [2.75, 3.05) is 0 Å². The molecule has 1 N–H and O–H groups in total. The topological polar surface area (TPSA) is 63.6 Å². The Morgan fingerprint density at radius 2 is 2.33 bits per heavy atom. The van der Waals surface area contributed by atoms with Crippen molar-refractivity contribution < 1.29 is 0 Å². The summed E-state index contributed by atoms with van der Waals surface area (Å²) >= 11 is 3.20. The van der Waals surface area contributed by atoms with Gasteiger partial charge in [-0.1, -0.05) is 0 Å². The maximum atomic E-state index is 11.4. The van der Waals surface area contributed by atoms with Crippen LogP contribution in [0.2, 0.25) is 0 Å². The maximum absolute atomic E-state index is 11.4. The van der Waals surface area contributed by atoms with E-state index in [1.54, 1.807) is 7.05 Å². The molecule has 2 aromatic rings. The summed E-state index contributed by atoms with van der Waals surface area (Å²) in [5.41, 5.74) is 0.770. The smallest absolute Gasteiger partial charge is 0.281 e. The van der Waals surface area contributed by atoms with Gasteiger partial charge in [0.15, 0.2) is 5.52 Å². The Bertz CT molecular complexity index is 486. The Morgan fingerprint density at radius 1 is 1.58 bits per heavy atom. The minimum atomic E-state index is -0.151. The van der Waals surface area contributed by atoms with Crippen molar-refractivity contribution in [1.29, 1.82) is 0 Å². The van der Waals surface area contributed by atoms with Crippen LogP contribution >= 0.6 is 15.9 Å². The molecule has 2 heterocycles. The highest BCUT2D eigenvalue weighted by molar-refractivity contribution is 9.10. The molecule has 0 aliphatic heterocycles. The third-order valence-electron chi connectivity index (χ3n) is 1.58. The Balaban J connectivity index is 3.03. The highest BCUT2D eigenvalue weighted by Crippen LogP contribution is 2.13. The van der Waals surface area contributed by atoms with Crippen molar-refractivity contribution >= 4 is 27.0 Å². The van der Waals surface area contributed by atoms with Crippen LogP contribution in [0.3, 0.4) is 0 Å². The molecule has 12 heavy (non-hydrogen) atoms. The molecule has 0 aliphatic rings. The van der Waals surface area contributed by atoms with Crippen molar-refractivity contribution in [2.24, 2.45) is 7.05 Å². The van der Waals surface area contributed by atoms with E-state index in [1.807, 2.05) is 0 Å². The number of aromatic amines is 1. The molecule has 0 radical (unpaired) electrons. The van der Waals surface area contributed by atoms with E-state index < -0.39 is 0 Å². The van der Waals surface area contributed by atoms with E-state index in [1.165, 1.54) is 10.9 Å². The van der Waals surface area contributed by atoms with Crippen LogP contribution in [-0.2, 0) is 7.05 Å². The van der Waals surface area contributed by atoms with E-state index >= 15 is 0 Å². The third kappa shape index (κ3) is 0.878. The zero-order valence-electron chi connectivity index (χ0n) is 6.21. The molecule has 0 fully saturated rings. The lowest BCUT2D eigenvalue weighted by Gasteiger charge is -1.92. The van der Waals surface area contributed by atoms with Crippen LogP contribution in [0.4, 0.5) is 0 Å². The normalized spacial score (nSPS) is 10.8. The van der Waals surface area contributed by atoms with Gasteiger partial charge in [-0.25, -0.2) is 4.98 Å². The molecular formula is C6H5BrN4O. The van der Waals surface area contributed by atoms with Gasteiger partial charge in [-0.2, -0.15) is 5.10 Å². The zero-order chi connectivity index (χ0) is 8.72. The van der Waals surface area contributed by atoms with Gasteiger partial charge in [0.05, 0.1) is 6.33 Å². The lowest BCUT2D eigenvalue weighted by molar-refractivity contribution is 0.839. The number of aryl methyl sites for hydroxylation is 1. The number of hydrogen-bond donors (Lipinski definition) is 1. The van der Waals surface area contributed by atoms with Crippen molar-refractivity contribution in [3.63, 3.8) is 0 Å². The summed E-state index contributed by atoms with van der Waals surface area (Å²) in [4.78, 5) is 15.4. The molecule has 0 bridgehead atoms. The van der Waals surface area contributed by atoms with Crippen LogP contribution in [0.15, 0.2) is 15.7 Å². The fraction of sp³-hybridized carbons (Fsp3) is 0.167. The van der Waals surface area contributed by atoms with Gasteiger partial charge in [0, 0.05) is 7.05 Å². The van der Waals surface area contributed by atoms with E-state index in [2.05, 4.69) is 31.1 Å². The van der Waals surface area contributed by atoms with E-state index in [0.29, 0.717) is 15.6 Å². The predicted octanol–water partition coefficient (Wildman–Crippen LogP) is 0.419. The molecule has 0 unspecified atom stereocenters. The second-order valence-electron chi connectivity index (χ2n) is 2.40. The number of aromatic nitrogens is 4. The van der Waals surface area contributed by atoms with E-state index in [0.717, 1.165) is 0 Å². The summed E-state index contributed by atoms with van der Waals surface area (Å²) < 4.78 is 2.02.